The first kappa shape index (κ1) is 14.2. The smallest absolute Gasteiger partial charge is 0.330 e. The van der Waals surface area contributed by atoms with Crippen LogP contribution in [0.1, 0.15) is 6.92 Å². The van der Waals surface area contributed by atoms with Crippen molar-refractivity contribution in [2.45, 2.75) is 6.92 Å². The number of rotatable bonds is 5. The third kappa shape index (κ3) is 18.0. The molecule has 0 bridgehead atoms. The third-order valence-electron chi connectivity index (χ3n) is 0.942. The van der Waals surface area contributed by atoms with Gasteiger partial charge in [0.25, 0.3) is 0 Å². The molecule has 0 spiro atoms. The highest BCUT2D eigenvalue weighted by Crippen LogP contribution is 1.81. The molecule has 0 rings (SSSR count). The monoisotopic (exact) mass is 183 g/mol. The summed E-state index contributed by atoms with van der Waals surface area (Å²) in [5.74, 6) is -0.935. The van der Waals surface area contributed by atoms with Crippen molar-refractivity contribution >= 4 is 5.97 Å². The van der Waals surface area contributed by atoms with E-state index in [0.29, 0.717) is 0 Å². The van der Waals surface area contributed by atoms with E-state index in [9.17, 15) is 4.79 Å². The summed E-state index contributed by atoms with van der Waals surface area (Å²) in [5.41, 5.74) is 0.176. The molecular weight excluding hydrogens is 166 g/mol. The summed E-state index contributed by atoms with van der Waals surface area (Å²) in [6.45, 7) is 13.4. The molecule has 0 atom stereocenters. The summed E-state index contributed by atoms with van der Waals surface area (Å²) in [5, 5.41) is 10.9. The molecule has 0 radical (unpaired) electrons. The molecule has 3 nitrogen and oxygen atoms in total. The molecule has 0 aliphatic rings. The normalized spacial score (nSPS) is 7.77. The zero-order valence-corrected chi connectivity index (χ0v) is 8.05. The van der Waals surface area contributed by atoms with Crippen molar-refractivity contribution in [1.29, 1.82) is 0 Å². The van der Waals surface area contributed by atoms with Gasteiger partial charge >= 0.3 is 5.97 Å². The number of carbonyl (C=O) groups is 1. The van der Waals surface area contributed by atoms with E-state index in [1.165, 1.54) is 6.92 Å². The van der Waals surface area contributed by atoms with Crippen LogP contribution in [0, 0.1) is 0 Å². The Kier molecular flexibility index (Phi) is 11.6. The first-order valence-electron chi connectivity index (χ1n) is 3.87. The van der Waals surface area contributed by atoms with Crippen LogP contribution >= 0.6 is 0 Å². The molecule has 74 valence electrons. The fourth-order valence-corrected chi connectivity index (χ4v) is 0.287. The molecule has 0 aromatic rings. The summed E-state index contributed by atoms with van der Waals surface area (Å²) in [4.78, 5) is 9.60. The lowest BCUT2D eigenvalue weighted by atomic mass is 10.4. The van der Waals surface area contributed by atoms with Crippen LogP contribution < -0.4 is 5.32 Å². The molecule has 0 heterocycles. The highest BCUT2D eigenvalue weighted by atomic mass is 16.4. The van der Waals surface area contributed by atoms with Crippen LogP contribution in [0.25, 0.3) is 0 Å². The van der Waals surface area contributed by atoms with Gasteiger partial charge in [-0.3, -0.25) is 0 Å². The standard InChI is InChI=1S/C6H11N.C4H6O2/c1-3-5-7-6-4-2;1-3(2)4(5)6/h3-4,7H,1-2,5-6H2;1H2,2H3,(H,5,6). The van der Waals surface area contributed by atoms with Gasteiger partial charge in [-0.25, -0.2) is 4.79 Å². The van der Waals surface area contributed by atoms with E-state index in [-0.39, 0.29) is 5.57 Å². The molecular formula is C10H17NO2. The number of hydrogen-bond donors (Lipinski definition) is 2. The van der Waals surface area contributed by atoms with Gasteiger partial charge in [-0.05, 0) is 6.92 Å². The number of hydrogen-bond acceptors (Lipinski definition) is 2. The summed E-state index contributed by atoms with van der Waals surface area (Å²) >= 11 is 0. The Balaban J connectivity index is 0. The Morgan fingerprint density at radius 2 is 1.69 bits per heavy atom. The van der Waals surface area contributed by atoms with E-state index in [2.05, 4.69) is 25.1 Å². The Labute approximate surface area is 79.5 Å². The Hall–Kier alpha value is -1.35. The Bertz CT molecular complexity index is 165. The summed E-state index contributed by atoms with van der Waals surface area (Å²) in [7, 11) is 0. The summed E-state index contributed by atoms with van der Waals surface area (Å²) < 4.78 is 0. The van der Waals surface area contributed by atoms with E-state index in [0.717, 1.165) is 13.1 Å². The van der Waals surface area contributed by atoms with Crippen LogP contribution in [0.2, 0.25) is 0 Å². The SMILES string of the molecule is C=C(C)C(=O)O.C=CCNCC=C. The lowest BCUT2D eigenvalue weighted by Gasteiger charge is -1.90. The van der Waals surface area contributed by atoms with Gasteiger partial charge in [-0.2, -0.15) is 0 Å². The van der Waals surface area contributed by atoms with Crippen LogP contribution in [0.3, 0.4) is 0 Å². The van der Waals surface area contributed by atoms with Crippen LogP contribution in [-0.4, -0.2) is 24.2 Å². The maximum absolute atomic E-state index is 9.60. The molecule has 0 saturated heterocycles. The number of aliphatic carboxylic acids is 1. The first-order valence-corrected chi connectivity index (χ1v) is 3.87. The molecule has 2 N–H and O–H groups in total. The maximum atomic E-state index is 9.60. The largest absolute Gasteiger partial charge is 0.478 e. The predicted molar refractivity (Wildman–Crippen MR) is 55.7 cm³/mol. The van der Waals surface area contributed by atoms with Crippen LogP contribution in [0.4, 0.5) is 0 Å². The molecule has 0 unspecified atom stereocenters. The molecule has 3 heteroatoms. The molecule has 0 aliphatic heterocycles. The average molecular weight is 183 g/mol. The molecule has 0 saturated carbocycles. The van der Waals surface area contributed by atoms with Crippen LogP contribution in [0.15, 0.2) is 37.5 Å². The number of carboxylic acid groups (broad SMARTS) is 1. The Morgan fingerprint density at radius 1 is 1.38 bits per heavy atom. The van der Waals surface area contributed by atoms with Crippen molar-refractivity contribution in [2.75, 3.05) is 13.1 Å². The van der Waals surface area contributed by atoms with Crippen LogP contribution in [0.5, 0.6) is 0 Å². The lowest BCUT2D eigenvalue weighted by Crippen LogP contribution is -2.11. The van der Waals surface area contributed by atoms with Gasteiger partial charge in [0, 0.05) is 18.7 Å². The molecule has 0 aromatic carbocycles. The lowest BCUT2D eigenvalue weighted by molar-refractivity contribution is -0.132. The second-order valence-electron chi connectivity index (χ2n) is 2.32. The zero-order valence-electron chi connectivity index (χ0n) is 8.05. The van der Waals surface area contributed by atoms with Gasteiger partial charge in [0.2, 0.25) is 0 Å². The third-order valence-corrected chi connectivity index (χ3v) is 0.942. The van der Waals surface area contributed by atoms with Crippen molar-refractivity contribution in [3.8, 4) is 0 Å². The maximum Gasteiger partial charge on any atom is 0.330 e. The quantitative estimate of drug-likeness (QED) is 0.386. The zero-order chi connectivity index (χ0) is 10.7. The molecule has 0 aromatic heterocycles. The minimum absolute atomic E-state index is 0.176. The average Bonchev–Trinajstić information content (AvgIpc) is 2.06. The van der Waals surface area contributed by atoms with Gasteiger partial charge in [0.05, 0.1) is 0 Å². The first-order chi connectivity index (χ1) is 6.06. The predicted octanol–water partition coefficient (Wildman–Crippen LogP) is 1.60. The molecule has 0 amide bonds. The van der Waals surface area contributed by atoms with Gasteiger partial charge in [-0.15, -0.1) is 13.2 Å². The fourth-order valence-electron chi connectivity index (χ4n) is 0.287. The fraction of sp³-hybridized carbons (Fsp3) is 0.300. The minimum Gasteiger partial charge on any atom is -0.478 e. The van der Waals surface area contributed by atoms with Gasteiger partial charge in [-0.1, -0.05) is 18.7 Å². The van der Waals surface area contributed by atoms with Gasteiger partial charge in [0.15, 0.2) is 0 Å². The molecule has 0 fully saturated rings. The van der Waals surface area contributed by atoms with Crippen molar-refractivity contribution in [2.24, 2.45) is 0 Å². The summed E-state index contributed by atoms with van der Waals surface area (Å²) in [6.07, 6.45) is 3.65. The van der Waals surface area contributed by atoms with E-state index < -0.39 is 5.97 Å². The molecule has 0 aliphatic carbocycles. The number of carboxylic acids is 1. The van der Waals surface area contributed by atoms with Gasteiger partial charge in [0.1, 0.15) is 0 Å². The van der Waals surface area contributed by atoms with Crippen molar-refractivity contribution in [3.63, 3.8) is 0 Å². The minimum atomic E-state index is -0.935. The van der Waals surface area contributed by atoms with E-state index in [1.54, 1.807) is 0 Å². The van der Waals surface area contributed by atoms with Crippen LogP contribution in [-0.2, 0) is 4.79 Å². The highest BCUT2D eigenvalue weighted by molar-refractivity contribution is 5.84. The number of nitrogens with one attached hydrogen (secondary N) is 1. The highest BCUT2D eigenvalue weighted by Gasteiger charge is 1.90. The van der Waals surface area contributed by atoms with E-state index in [4.69, 9.17) is 5.11 Å². The Morgan fingerprint density at radius 3 is 1.85 bits per heavy atom. The second-order valence-corrected chi connectivity index (χ2v) is 2.32. The van der Waals surface area contributed by atoms with E-state index >= 15 is 0 Å². The van der Waals surface area contributed by atoms with E-state index in [1.807, 2.05) is 12.2 Å². The van der Waals surface area contributed by atoms with Crippen molar-refractivity contribution in [3.05, 3.63) is 37.5 Å². The summed E-state index contributed by atoms with van der Waals surface area (Å²) in [6, 6.07) is 0. The van der Waals surface area contributed by atoms with Crippen molar-refractivity contribution < 1.29 is 9.90 Å². The second kappa shape index (κ2) is 10.7. The molecule has 13 heavy (non-hydrogen) atoms. The van der Waals surface area contributed by atoms with Gasteiger partial charge < -0.3 is 10.4 Å². The van der Waals surface area contributed by atoms with Crippen molar-refractivity contribution in [1.82, 2.24) is 5.32 Å². The topological polar surface area (TPSA) is 49.3 Å².